The summed E-state index contributed by atoms with van der Waals surface area (Å²) in [6.07, 6.45) is 9.69. The molecule has 2 atom stereocenters. The molecule has 0 bridgehead atoms. The van der Waals surface area contributed by atoms with Crippen LogP contribution in [0.2, 0.25) is 0 Å². The zero-order valence-electron chi connectivity index (χ0n) is 25.1. The van der Waals surface area contributed by atoms with E-state index in [1.54, 1.807) is 0 Å². The van der Waals surface area contributed by atoms with E-state index in [0.29, 0.717) is 5.92 Å². The van der Waals surface area contributed by atoms with Gasteiger partial charge >= 0.3 is 6.03 Å². The summed E-state index contributed by atoms with van der Waals surface area (Å²) in [6, 6.07) is 27.5. The molecule has 2 amide bonds. The first kappa shape index (κ1) is 29.8. The molecule has 5 heteroatoms. The van der Waals surface area contributed by atoms with Gasteiger partial charge in [0.05, 0.1) is 12.1 Å². The highest BCUT2D eigenvalue weighted by Crippen LogP contribution is 2.41. The summed E-state index contributed by atoms with van der Waals surface area (Å²) in [6.45, 7) is 7.15. The van der Waals surface area contributed by atoms with Crippen LogP contribution in [-0.4, -0.2) is 29.8 Å². The van der Waals surface area contributed by atoms with Crippen LogP contribution in [0.4, 0.5) is 4.79 Å². The smallest absolute Gasteiger partial charge is 0.315 e. The van der Waals surface area contributed by atoms with Gasteiger partial charge in [0.2, 0.25) is 0 Å². The number of rotatable bonds is 10. The molecule has 4 N–H and O–H groups in total. The third-order valence-corrected chi connectivity index (χ3v) is 9.25. The molecule has 0 heterocycles. The van der Waals surface area contributed by atoms with Crippen molar-refractivity contribution in [1.82, 2.24) is 16.0 Å². The molecule has 0 radical (unpaired) electrons. The van der Waals surface area contributed by atoms with E-state index in [9.17, 15) is 9.90 Å². The van der Waals surface area contributed by atoms with Crippen LogP contribution in [0.5, 0.6) is 0 Å². The first-order valence-corrected chi connectivity index (χ1v) is 15.5. The van der Waals surface area contributed by atoms with Gasteiger partial charge in [-0.2, -0.15) is 0 Å². The van der Waals surface area contributed by atoms with Crippen LogP contribution in [0.1, 0.15) is 81.2 Å². The minimum atomic E-state index is -1.34. The largest absolute Gasteiger partial charge is 0.378 e. The van der Waals surface area contributed by atoms with Crippen LogP contribution in [0.25, 0.3) is 5.57 Å². The van der Waals surface area contributed by atoms with Crippen LogP contribution >= 0.6 is 0 Å². The molecule has 5 nitrogen and oxygen atoms in total. The molecule has 0 aromatic heterocycles. The summed E-state index contributed by atoms with van der Waals surface area (Å²) >= 11 is 0. The molecule has 1 fully saturated rings. The standard InChI is InChI=1S/C37H45N3O2/c1-4-13-33-26(2)32-18-11-12-19-34(32)35(33)38-25-24-28-20-22-31(23-21-28)40-36(41)39-27(3)37(42,29-14-7-5-8-15-29)30-16-9-6-10-17-30/h4-19,27-28,31,35,38,42H,20-25H2,1-3H3,(H2,39,40,41)/t27-,28?,31?,35?/m1/s1. The second kappa shape index (κ2) is 13.5. The molecule has 0 saturated heterocycles. The number of aliphatic hydroxyl groups is 1. The van der Waals surface area contributed by atoms with E-state index in [1.165, 1.54) is 22.3 Å². The molecule has 2 aliphatic carbocycles. The predicted octanol–water partition coefficient (Wildman–Crippen LogP) is 7.25. The van der Waals surface area contributed by atoms with Gasteiger partial charge in [-0.15, -0.1) is 0 Å². The van der Waals surface area contributed by atoms with E-state index in [4.69, 9.17) is 0 Å². The summed E-state index contributed by atoms with van der Waals surface area (Å²) < 4.78 is 0. The first-order chi connectivity index (χ1) is 20.4. The molecule has 220 valence electrons. The summed E-state index contributed by atoms with van der Waals surface area (Å²) in [7, 11) is 0. The van der Waals surface area contributed by atoms with Crippen LogP contribution in [0.3, 0.4) is 0 Å². The number of carbonyl (C=O) groups is 1. The number of amides is 2. The highest BCUT2D eigenvalue weighted by Gasteiger charge is 2.39. The average Bonchev–Trinajstić information content (AvgIpc) is 3.29. The van der Waals surface area contributed by atoms with Gasteiger partial charge in [0.25, 0.3) is 0 Å². The molecule has 3 aromatic carbocycles. The SMILES string of the molecule is CC=CC1=C(C)c2ccccc2C1NCCC1CCC(NC(=O)N[C@H](C)C(O)(c2ccccc2)c2ccccc2)CC1. The number of allylic oxidation sites excluding steroid dienone is 2. The lowest BCUT2D eigenvalue weighted by atomic mass is 9.81. The van der Waals surface area contributed by atoms with Gasteiger partial charge in [-0.05, 0) is 98.7 Å². The van der Waals surface area contributed by atoms with Crippen LogP contribution in [0, 0.1) is 5.92 Å². The van der Waals surface area contributed by atoms with E-state index in [2.05, 4.69) is 66.2 Å². The van der Waals surface area contributed by atoms with Gasteiger partial charge in [-0.25, -0.2) is 4.79 Å². The highest BCUT2D eigenvalue weighted by atomic mass is 16.3. The van der Waals surface area contributed by atoms with Crippen molar-refractivity contribution in [2.24, 2.45) is 5.92 Å². The molecule has 1 unspecified atom stereocenters. The maximum atomic E-state index is 13.1. The molecular formula is C37H45N3O2. The van der Waals surface area contributed by atoms with Crippen molar-refractivity contribution in [3.8, 4) is 0 Å². The minimum absolute atomic E-state index is 0.150. The van der Waals surface area contributed by atoms with E-state index in [1.807, 2.05) is 67.6 Å². The number of hydrogen-bond acceptors (Lipinski definition) is 3. The van der Waals surface area contributed by atoms with Crippen molar-refractivity contribution in [2.75, 3.05) is 6.54 Å². The van der Waals surface area contributed by atoms with Crippen LogP contribution < -0.4 is 16.0 Å². The zero-order valence-corrected chi connectivity index (χ0v) is 25.1. The molecular weight excluding hydrogens is 518 g/mol. The van der Waals surface area contributed by atoms with Gasteiger partial charge in [-0.1, -0.05) is 97.1 Å². The van der Waals surface area contributed by atoms with Gasteiger partial charge in [0.1, 0.15) is 5.60 Å². The quantitative estimate of drug-likeness (QED) is 0.210. The van der Waals surface area contributed by atoms with E-state index < -0.39 is 11.6 Å². The van der Waals surface area contributed by atoms with Crippen molar-refractivity contribution >= 4 is 11.6 Å². The second-order valence-electron chi connectivity index (χ2n) is 11.9. The highest BCUT2D eigenvalue weighted by molar-refractivity contribution is 5.79. The molecule has 1 saturated carbocycles. The first-order valence-electron chi connectivity index (χ1n) is 15.5. The Morgan fingerprint density at radius 2 is 1.52 bits per heavy atom. The van der Waals surface area contributed by atoms with Gasteiger partial charge < -0.3 is 21.1 Å². The molecule has 42 heavy (non-hydrogen) atoms. The molecule has 2 aliphatic rings. The Morgan fingerprint density at radius 1 is 0.929 bits per heavy atom. The van der Waals surface area contributed by atoms with Crippen molar-refractivity contribution < 1.29 is 9.90 Å². The Kier molecular flexibility index (Phi) is 9.61. The van der Waals surface area contributed by atoms with Crippen molar-refractivity contribution in [2.45, 2.75) is 76.6 Å². The fraction of sp³-hybridized carbons (Fsp3) is 0.378. The average molecular weight is 564 g/mol. The fourth-order valence-corrected chi connectivity index (χ4v) is 6.86. The Bertz CT molecular complexity index is 1350. The Balaban J connectivity index is 1.11. The van der Waals surface area contributed by atoms with Crippen LogP contribution in [-0.2, 0) is 5.60 Å². The molecule has 0 aliphatic heterocycles. The number of urea groups is 1. The third kappa shape index (κ3) is 6.38. The summed E-state index contributed by atoms with van der Waals surface area (Å²) in [4.78, 5) is 13.1. The second-order valence-corrected chi connectivity index (χ2v) is 11.9. The predicted molar refractivity (Wildman–Crippen MR) is 172 cm³/mol. The van der Waals surface area contributed by atoms with Gasteiger partial charge in [0.15, 0.2) is 0 Å². The summed E-state index contributed by atoms with van der Waals surface area (Å²) in [5.74, 6) is 0.658. The number of benzene rings is 3. The lowest BCUT2D eigenvalue weighted by molar-refractivity contribution is 0.0470. The lowest BCUT2D eigenvalue weighted by Gasteiger charge is -2.36. The van der Waals surface area contributed by atoms with Crippen molar-refractivity contribution in [1.29, 1.82) is 0 Å². The van der Waals surface area contributed by atoms with Gasteiger partial charge in [-0.3, -0.25) is 0 Å². The van der Waals surface area contributed by atoms with E-state index >= 15 is 0 Å². The van der Waals surface area contributed by atoms with Crippen molar-refractivity contribution in [3.05, 3.63) is 125 Å². The third-order valence-electron chi connectivity index (χ3n) is 9.25. The lowest BCUT2D eigenvalue weighted by Crippen LogP contribution is -2.54. The number of hydrogen-bond donors (Lipinski definition) is 4. The molecule has 5 rings (SSSR count). The summed E-state index contributed by atoms with van der Waals surface area (Å²) in [5, 5.41) is 22.0. The van der Waals surface area contributed by atoms with Crippen LogP contribution in [0.15, 0.2) is 103 Å². The normalized spacial score (nSPS) is 21.3. The van der Waals surface area contributed by atoms with Crippen molar-refractivity contribution in [3.63, 3.8) is 0 Å². The molecule has 3 aromatic rings. The topological polar surface area (TPSA) is 73.4 Å². The Hall–Kier alpha value is -3.67. The Labute approximate surface area is 251 Å². The number of fused-ring (bicyclic) bond motifs is 1. The van der Waals surface area contributed by atoms with Gasteiger partial charge in [0, 0.05) is 6.04 Å². The monoisotopic (exact) mass is 563 g/mol. The zero-order chi connectivity index (χ0) is 29.5. The summed E-state index contributed by atoms with van der Waals surface area (Å²) in [5.41, 5.74) is 5.64. The minimum Gasteiger partial charge on any atom is -0.378 e. The maximum Gasteiger partial charge on any atom is 0.315 e. The number of carbonyl (C=O) groups excluding carboxylic acids is 1. The Morgan fingerprint density at radius 3 is 2.14 bits per heavy atom. The fourth-order valence-electron chi connectivity index (χ4n) is 6.86. The maximum absolute atomic E-state index is 13.1. The van der Waals surface area contributed by atoms with E-state index in [0.717, 1.165) is 49.8 Å². The number of nitrogens with one attached hydrogen (secondary N) is 3. The van der Waals surface area contributed by atoms with E-state index in [-0.39, 0.29) is 18.1 Å². The molecule has 0 spiro atoms.